The van der Waals surface area contributed by atoms with Gasteiger partial charge in [-0.3, -0.25) is 0 Å². The van der Waals surface area contributed by atoms with Crippen molar-refractivity contribution in [3.05, 3.63) is 88.5 Å². The summed E-state index contributed by atoms with van der Waals surface area (Å²) in [7, 11) is 3.25. The van der Waals surface area contributed by atoms with Crippen LogP contribution in [0.2, 0.25) is 0 Å². The highest BCUT2D eigenvalue weighted by Gasteiger charge is 2.09. The summed E-state index contributed by atoms with van der Waals surface area (Å²) in [6.45, 7) is 0. The Hall–Kier alpha value is -3.91. The summed E-state index contributed by atoms with van der Waals surface area (Å²) in [5, 5.41) is 14.7. The normalized spacial score (nSPS) is 11.4. The van der Waals surface area contributed by atoms with E-state index in [1.807, 2.05) is 48.5 Å². The van der Waals surface area contributed by atoms with E-state index >= 15 is 0 Å². The van der Waals surface area contributed by atoms with Crippen LogP contribution in [0.1, 0.15) is 11.1 Å². The van der Waals surface area contributed by atoms with Crippen molar-refractivity contribution in [2.75, 3.05) is 14.2 Å². The highest BCUT2D eigenvalue weighted by molar-refractivity contribution is 9.10. The third kappa shape index (κ3) is 5.48. The smallest absolute Gasteiger partial charge is 0.251 e. The Morgan fingerprint density at radius 2 is 1.58 bits per heavy atom. The molecule has 0 saturated heterocycles. The zero-order chi connectivity index (χ0) is 23.2. The molecule has 0 aliphatic rings. The van der Waals surface area contributed by atoms with Crippen molar-refractivity contribution in [3.8, 4) is 28.5 Å². The summed E-state index contributed by atoms with van der Waals surface area (Å²) in [5.74, 6) is 2.02. The maximum atomic E-state index is 10.1. The molecule has 0 saturated carbocycles. The second kappa shape index (κ2) is 10.1. The number of rotatable bonds is 7. The molecule has 3 aromatic carbocycles. The third-order valence-electron chi connectivity index (χ3n) is 4.81. The van der Waals surface area contributed by atoms with Crippen molar-refractivity contribution < 1.29 is 14.6 Å². The fraction of sp³-hybridized carbons (Fsp3) is 0.0800. The van der Waals surface area contributed by atoms with Crippen LogP contribution in [0.25, 0.3) is 11.3 Å². The molecule has 0 radical (unpaired) electrons. The average Bonchev–Trinajstić information content (AvgIpc) is 3.26. The van der Waals surface area contributed by atoms with Crippen molar-refractivity contribution in [1.82, 2.24) is 9.66 Å². The molecule has 0 atom stereocenters. The van der Waals surface area contributed by atoms with Gasteiger partial charge < -0.3 is 14.6 Å². The molecule has 7 nitrogen and oxygen atoms in total. The molecule has 33 heavy (non-hydrogen) atoms. The summed E-state index contributed by atoms with van der Waals surface area (Å²) in [6.07, 6.45) is 5.07. The number of benzene rings is 3. The van der Waals surface area contributed by atoms with Crippen LogP contribution in [0.3, 0.4) is 0 Å². The van der Waals surface area contributed by atoms with Crippen molar-refractivity contribution in [1.29, 1.82) is 0 Å². The Labute approximate surface area is 199 Å². The number of imidazole rings is 1. The van der Waals surface area contributed by atoms with Crippen molar-refractivity contribution in [2.24, 2.45) is 10.1 Å². The number of aromatic nitrogens is 2. The number of hydrogen-bond donors (Lipinski definition) is 1. The van der Waals surface area contributed by atoms with Gasteiger partial charge in [0, 0.05) is 21.8 Å². The molecule has 1 aromatic heterocycles. The highest BCUT2D eigenvalue weighted by atomic mass is 79.9. The maximum Gasteiger partial charge on any atom is 0.251 e. The van der Waals surface area contributed by atoms with E-state index in [2.05, 4.69) is 31.0 Å². The van der Waals surface area contributed by atoms with Gasteiger partial charge in [-0.25, -0.2) is 14.7 Å². The number of ether oxygens (including phenoxy) is 2. The Bertz CT molecular complexity index is 1300. The lowest BCUT2D eigenvalue weighted by Gasteiger charge is -2.00. The predicted octanol–water partition coefficient (Wildman–Crippen LogP) is 5.67. The van der Waals surface area contributed by atoms with E-state index in [-0.39, 0.29) is 5.75 Å². The van der Waals surface area contributed by atoms with E-state index in [0.29, 0.717) is 17.2 Å². The number of phenolic OH excluding ortho intramolecular Hbond substituents is 1. The van der Waals surface area contributed by atoms with Crippen LogP contribution in [0.4, 0.5) is 5.95 Å². The molecule has 0 amide bonds. The van der Waals surface area contributed by atoms with E-state index in [0.717, 1.165) is 27.1 Å². The molecule has 0 bridgehead atoms. The number of aromatic hydroxyl groups is 1. The van der Waals surface area contributed by atoms with Gasteiger partial charge in [0.2, 0.25) is 0 Å². The molecular formula is C25H21BrN4O3. The molecule has 1 N–H and O–H groups in total. The highest BCUT2D eigenvalue weighted by Crippen LogP contribution is 2.26. The molecular weight excluding hydrogens is 484 g/mol. The van der Waals surface area contributed by atoms with Gasteiger partial charge in [-0.15, -0.1) is 0 Å². The van der Waals surface area contributed by atoms with E-state index < -0.39 is 0 Å². The van der Waals surface area contributed by atoms with E-state index in [4.69, 9.17) is 9.47 Å². The van der Waals surface area contributed by atoms with Crippen LogP contribution >= 0.6 is 15.9 Å². The third-order valence-corrected chi connectivity index (χ3v) is 5.30. The topological polar surface area (TPSA) is 81.2 Å². The quantitative estimate of drug-likeness (QED) is 0.329. The molecule has 0 spiro atoms. The summed E-state index contributed by atoms with van der Waals surface area (Å²) < 4.78 is 12.9. The minimum Gasteiger partial charge on any atom is -0.507 e. The monoisotopic (exact) mass is 504 g/mol. The average molecular weight is 505 g/mol. The fourth-order valence-electron chi connectivity index (χ4n) is 3.01. The van der Waals surface area contributed by atoms with Gasteiger partial charge in [-0.05, 0) is 72.3 Å². The first-order valence-electron chi connectivity index (χ1n) is 10.0. The summed E-state index contributed by atoms with van der Waals surface area (Å²) in [4.78, 5) is 9.13. The Balaban J connectivity index is 1.70. The van der Waals surface area contributed by atoms with E-state index in [1.165, 1.54) is 0 Å². The molecule has 0 aliphatic carbocycles. The van der Waals surface area contributed by atoms with Gasteiger partial charge in [0.15, 0.2) is 0 Å². The first-order valence-corrected chi connectivity index (χ1v) is 10.8. The van der Waals surface area contributed by atoms with Gasteiger partial charge in [-0.1, -0.05) is 15.9 Å². The molecule has 4 rings (SSSR count). The molecule has 0 fully saturated rings. The number of hydrogen-bond acceptors (Lipinski definition) is 6. The first kappa shape index (κ1) is 22.3. The second-order valence-electron chi connectivity index (χ2n) is 6.98. The van der Waals surface area contributed by atoms with Crippen LogP contribution < -0.4 is 9.47 Å². The molecule has 4 aromatic rings. The summed E-state index contributed by atoms with van der Waals surface area (Å²) in [5.41, 5.74) is 3.06. The zero-order valence-corrected chi connectivity index (χ0v) is 19.6. The number of halogens is 1. The Kier molecular flexibility index (Phi) is 6.85. The predicted molar refractivity (Wildman–Crippen MR) is 133 cm³/mol. The van der Waals surface area contributed by atoms with Gasteiger partial charge in [0.1, 0.15) is 17.2 Å². The number of aliphatic imine (C=N–C) groups is 1. The maximum absolute atomic E-state index is 10.1. The van der Waals surface area contributed by atoms with Crippen LogP contribution in [-0.4, -0.2) is 41.4 Å². The summed E-state index contributed by atoms with van der Waals surface area (Å²) >= 11 is 3.41. The number of methoxy groups -OCH3 is 2. The van der Waals surface area contributed by atoms with Crippen LogP contribution in [0.15, 0.2) is 87.5 Å². The fourth-order valence-corrected chi connectivity index (χ4v) is 3.39. The standard InChI is InChI=1S/C25H21BrN4O3/c1-32-21-8-3-17(4-9-21)14-28-30-16-23(18-5-10-22(33-2)11-6-18)29-25(30)27-15-19-13-20(26)7-12-24(19)31/h3-16,31H,1-2H3/b27-15?,28-14-. The molecule has 0 aliphatic heterocycles. The van der Waals surface area contributed by atoms with Gasteiger partial charge in [-0.2, -0.15) is 5.10 Å². The van der Waals surface area contributed by atoms with E-state index in [9.17, 15) is 5.11 Å². The Morgan fingerprint density at radius 1 is 0.909 bits per heavy atom. The van der Waals surface area contributed by atoms with Gasteiger partial charge >= 0.3 is 0 Å². The lowest BCUT2D eigenvalue weighted by Crippen LogP contribution is -1.90. The van der Waals surface area contributed by atoms with Crippen LogP contribution in [0, 0.1) is 0 Å². The lowest BCUT2D eigenvalue weighted by atomic mass is 10.2. The minimum atomic E-state index is 0.122. The number of nitrogens with zero attached hydrogens (tertiary/aromatic N) is 4. The lowest BCUT2D eigenvalue weighted by molar-refractivity contribution is 0.414. The Morgan fingerprint density at radius 3 is 2.24 bits per heavy atom. The second-order valence-corrected chi connectivity index (χ2v) is 7.89. The van der Waals surface area contributed by atoms with E-state index in [1.54, 1.807) is 55.7 Å². The number of phenols is 1. The van der Waals surface area contributed by atoms with Gasteiger partial charge in [0.05, 0.1) is 32.3 Å². The van der Waals surface area contributed by atoms with Gasteiger partial charge in [0.25, 0.3) is 5.95 Å². The first-order chi connectivity index (χ1) is 16.1. The summed E-state index contributed by atoms with van der Waals surface area (Å²) in [6, 6.07) is 20.3. The van der Waals surface area contributed by atoms with Crippen LogP contribution in [-0.2, 0) is 0 Å². The van der Waals surface area contributed by atoms with Crippen molar-refractivity contribution in [3.63, 3.8) is 0 Å². The molecule has 0 unspecified atom stereocenters. The van der Waals surface area contributed by atoms with Crippen LogP contribution in [0.5, 0.6) is 17.2 Å². The minimum absolute atomic E-state index is 0.122. The SMILES string of the molecule is COc1ccc(/C=N\n2cc(-c3ccc(OC)cc3)nc2N=Cc2cc(Br)ccc2O)cc1. The zero-order valence-electron chi connectivity index (χ0n) is 18.0. The largest absolute Gasteiger partial charge is 0.507 e. The van der Waals surface area contributed by atoms with Crippen molar-refractivity contribution in [2.45, 2.75) is 0 Å². The molecule has 8 heteroatoms. The van der Waals surface area contributed by atoms with Crippen molar-refractivity contribution >= 4 is 34.3 Å². The molecule has 166 valence electrons. The molecule has 1 heterocycles.